The topological polar surface area (TPSA) is 69.6 Å². The van der Waals surface area contributed by atoms with Crippen molar-refractivity contribution in [3.8, 4) is 0 Å². The van der Waals surface area contributed by atoms with Gasteiger partial charge in [-0.25, -0.2) is 4.68 Å². The molecule has 3 rings (SSSR count). The molecule has 0 unspecified atom stereocenters. The summed E-state index contributed by atoms with van der Waals surface area (Å²) < 4.78 is 1.97. The van der Waals surface area contributed by atoms with Gasteiger partial charge in [-0.15, -0.1) is 5.10 Å². The van der Waals surface area contributed by atoms with Gasteiger partial charge in [-0.3, -0.25) is 0 Å². The number of hydrogen-bond donors (Lipinski definition) is 1. The predicted octanol–water partition coefficient (Wildman–Crippen LogP) is 3.09. The molecule has 0 saturated heterocycles. The average Bonchev–Trinajstić information content (AvgIpc) is 3.13. The molecule has 1 heterocycles. The summed E-state index contributed by atoms with van der Waals surface area (Å²) in [6, 6.07) is 6.33. The Hall–Kier alpha value is -1.11. The van der Waals surface area contributed by atoms with Crippen molar-refractivity contribution in [2.75, 3.05) is 6.54 Å². The molecule has 1 aliphatic carbocycles. The van der Waals surface area contributed by atoms with Crippen molar-refractivity contribution < 1.29 is 0 Å². The smallest absolute Gasteiger partial charge is 0.214 e. The van der Waals surface area contributed by atoms with E-state index in [0.29, 0.717) is 12.6 Å². The summed E-state index contributed by atoms with van der Waals surface area (Å²) in [5, 5.41) is 13.8. The van der Waals surface area contributed by atoms with Crippen molar-refractivity contribution in [2.24, 2.45) is 5.73 Å². The van der Waals surface area contributed by atoms with E-state index in [0.717, 1.165) is 39.9 Å². The lowest BCUT2D eigenvalue weighted by molar-refractivity contribution is 0.423. The second-order valence-corrected chi connectivity index (χ2v) is 6.68. The third-order valence-corrected chi connectivity index (χ3v) is 5.08. The van der Waals surface area contributed by atoms with Crippen molar-refractivity contribution in [2.45, 2.75) is 48.2 Å². The largest absolute Gasteiger partial charge is 0.330 e. The first-order valence-corrected chi connectivity index (χ1v) is 8.41. The van der Waals surface area contributed by atoms with Gasteiger partial charge >= 0.3 is 0 Å². The van der Waals surface area contributed by atoms with E-state index in [1.165, 1.54) is 12.8 Å². The third kappa shape index (κ3) is 3.39. The lowest BCUT2D eigenvalue weighted by Crippen LogP contribution is -2.08. The SMILES string of the molecule is NCCc1cc(Cl)ccc1Sc1nnnn1C1CCCC1. The monoisotopic (exact) mass is 323 g/mol. The highest BCUT2D eigenvalue weighted by molar-refractivity contribution is 7.99. The van der Waals surface area contributed by atoms with E-state index in [1.807, 2.05) is 22.9 Å². The number of benzene rings is 1. The van der Waals surface area contributed by atoms with E-state index in [4.69, 9.17) is 17.3 Å². The van der Waals surface area contributed by atoms with Crippen LogP contribution in [0, 0.1) is 0 Å². The Kier molecular flexibility index (Phi) is 4.77. The quantitative estimate of drug-likeness (QED) is 0.915. The zero-order chi connectivity index (χ0) is 14.7. The van der Waals surface area contributed by atoms with Gasteiger partial charge in [0.1, 0.15) is 0 Å². The van der Waals surface area contributed by atoms with Gasteiger partial charge in [0.05, 0.1) is 6.04 Å². The summed E-state index contributed by atoms with van der Waals surface area (Å²) in [4.78, 5) is 1.12. The van der Waals surface area contributed by atoms with Crippen LogP contribution in [0.3, 0.4) is 0 Å². The fraction of sp³-hybridized carbons (Fsp3) is 0.500. The zero-order valence-corrected chi connectivity index (χ0v) is 13.3. The van der Waals surface area contributed by atoms with Gasteiger partial charge < -0.3 is 5.73 Å². The maximum Gasteiger partial charge on any atom is 0.214 e. The highest BCUT2D eigenvalue weighted by Crippen LogP contribution is 2.35. The molecule has 0 spiro atoms. The summed E-state index contributed by atoms with van der Waals surface area (Å²) >= 11 is 7.67. The number of nitrogens with two attached hydrogens (primary N) is 1. The first kappa shape index (κ1) is 14.8. The molecule has 0 aliphatic heterocycles. The van der Waals surface area contributed by atoms with Gasteiger partial charge in [0.2, 0.25) is 5.16 Å². The lowest BCUT2D eigenvalue weighted by Gasteiger charge is -2.12. The van der Waals surface area contributed by atoms with Gasteiger partial charge in [-0.05, 0) is 71.8 Å². The maximum absolute atomic E-state index is 6.07. The minimum Gasteiger partial charge on any atom is -0.330 e. The predicted molar refractivity (Wildman–Crippen MR) is 83.7 cm³/mol. The number of nitrogens with zero attached hydrogens (tertiary/aromatic N) is 4. The number of hydrogen-bond acceptors (Lipinski definition) is 5. The average molecular weight is 324 g/mol. The molecule has 1 saturated carbocycles. The van der Waals surface area contributed by atoms with Crippen LogP contribution in [0.2, 0.25) is 5.02 Å². The molecular formula is C14H18ClN5S. The van der Waals surface area contributed by atoms with Crippen molar-refractivity contribution in [1.29, 1.82) is 0 Å². The van der Waals surface area contributed by atoms with Crippen LogP contribution in [-0.4, -0.2) is 26.8 Å². The van der Waals surface area contributed by atoms with Crippen molar-refractivity contribution in [1.82, 2.24) is 20.2 Å². The molecule has 7 heteroatoms. The Morgan fingerprint density at radius 2 is 2.14 bits per heavy atom. The van der Waals surface area contributed by atoms with Gasteiger partial charge in [-0.1, -0.05) is 24.4 Å². The molecule has 1 aromatic carbocycles. The minimum atomic E-state index is 0.438. The number of halogens is 1. The van der Waals surface area contributed by atoms with E-state index in [9.17, 15) is 0 Å². The Balaban J connectivity index is 1.85. The van der Waals surface area contributed by atoms with Crippen molar-refractivity contribution in [3.05, 3.63) is 28.8 Å². The fourth-order valence-corrected chi connectivity index (χ4v) is 3.90. The van der Waals surface area contributed by atoms with Gasteiger partial charge in [0.15, 0.2) is 0 Å². The molecule has 112 valence electrons. The molecule has 0 radical (unpaired) electrons. The molecular weight excluding hydrogens is 306 g/mol. The molecule has 5 nitrogen and oxygen atoms in total. The van der Waals surface area contributed by atoms with Crippen LogP contribution in [0.4, 0.5) is 0 Å². The van der Waals surface area contributed by atoms with Gasteiger partial charge in [-0.2, -0.15) is 0 Å². The van der Waals surface area contributed by atoms with Gasteiger partial charge in [0, 0.05) is 9.92 Å². The molecule has 2 aromatic rings. The number of tetrazole rings is 1. The van der Waals surface area contributed by atoms with E-state index < -0.39 is 0 Å². The fourth-order valence-electron chi connectivity index (χ4n) is 2.73. The Morgan fingerprint density at radius 3 is 2.90 bits per heavy atom. The van der Waals surface area contributed by atoms with E-state index >= 15 is 0 Å². The third-order valence-electron chi connectivity index (χ3n) is 3.77. The highest BCUT2D eigenvalue weighted by atomic mass is 35.5. The normalized spacial score (nSPS) is 15.7. The molecule has 0 amide bonds. The summed E-state index contributed by atoms with van der Waals surface area (Å²) in [6.45, 7) is 0.599. The van der Waals surface area contributed by atoms with Crippen LogP contribution in [0.25, 0.3) is 0 Å². The van der Waals surface area contributed by atoms with Crippen molar-refractivity contribution in [3.63, 3.8) is 0 Å². The van der Waals surface area contributed by atoms with Crippen LogP contribution < -0.4 is 5.73 Å². The summed E-state index contributed by atoms with van der Waals surface area (Å²) in [7, 11) is 0. The molecule has 0 atom stereocenters. The Bertz CT molecular complexity index is 609. The first-order chi connectivity index (χ1) is 10.3. The lowest BCUT2D eigenvalue weighted by atomic mass is 10.1. The molecule has 1 aliphatic rings. The van der Waals surface area contributed by atoms with Crippen LogP contribution in [0.15, 0.2) is 28.3 Å². The number of aromatic nitrogens is 4. The summed E-state index contributed by atoms with van der Waals surface area (Å²) in [6.07, 6.45) is 5.64. The van der Waals surface area contributed by atoms with Crippen LogP contribution in [0.5, 0.6) is 0 Å². The molecule has 1 fully saturated rings. The van der Waals surface area contributed by atoms with Crippen LogP contribution in [-0.2, 0) is 6.42 Å². The van der Waals surface area contributed by atoms with Crippen LogP contribution in [0.1, 0.15) is 37.3 Å². The molecule has 1 aromatic heterocycles. The second-order valence-electron chi connectivity index (χ2n) is 5.24. The van der Waals surface area contributed by atoms with E-state index in [2.05, 4.69) is 15.5 Å². The standard InChI is InChI=1S/C14H18ClN5S/c15-11-5-6-13(10(9-11)7-8-16)21-14-17-18-19-20(14)12-3-1-2-4-12/h5-6,9,12H,1-4,7-8,16H2. The Labute approximate surface area is 133 Å². The van der Waals surface area contributed by atoms with Gasteiger partial charge in [0.25, 0.3) is 0 Å². The molecule has 2 N–H and O–H groups in total. The maximum atomic E-state index is 6.07. The second kappa shape index (κ2) is 6.77. The van der Waals surface area contributed by atoms with Crippen LogP contribution >= 0.6 is 23.4 Å². The summed E-state index contributed by atoms with van der Waals surface area (Å²) in [5.41, 5.74) is 6.83. The summed E-state index contributed by atoms with van der Waals surface area (Å²) in [5.74, 6) is 0. The minimum absolute atomic E-state index is 0.438. The molecule has 0 bridgehead atoms. The number of rotatable bonds is 5. The Morgan fingerprint density at radius 1 is 1.33 bits per heavy atom. The molecule has 21 heavy (non-hydrogen) atoms. The van der Waals surface area contributed by atoms with E-state index in [-0.39, 0.29) is 0 Å². The van der Waals surface area contributed by atoms with E-state index in [1.54, 1.807) is 11.8 Å². The highest BCUT2D eigenvalue weighted by Gasteiger charge is 2.22. The first-order valence-electron chi connectivity index (χ1n) is 7.22. The zero-order valence-electron chi connectivity index (χ0n) is 11.7. The van der Waals surface area contributed by atoms with Crippen molar-refractivity contribution >= 4 is 23.4 Å².